The molecule has 12 heteroatoms. The zero-order valence-corrected chi connectivity index (χ0v) is 31.7. The highest BCUT2D eigenvalue weighted by Gasteiger charge is 2.47. The van der Waals surface area contributed by atoms with Gasteiger partial charge in [-0.2, -0.15) is 0 Å². The van der Waals surface area contributed by atoms with Gasteiger partial charge in [-0.15, -0.1) is 11.6 Å². The summed E-state index contributed by atoms with van der Waals surface area (Å²) < 4.78 is 18.4. The smallest absolute Gasteiger partial charge is 0.406 e. The second kappa shape index (κ2) is 15.1. The Hall–Kier alpha value is -2.60. The number of hydrogen-bond acceptors (Lipinski definition) is 8. The van der Waals surface area contributed by atoms with Gasteiger partial charge in [0, 0.05) is 57.4 Å². The van der Waals surface area contributed by atoms with Crippen LogP contribution in [-0.2, 0) is 9.16 Å². The van der Waals surface area contributed by atoms with Crippen molar-refractivity contribution < 1.29 is 18.7 Å². The molecule has 1 aromatic heterocycles. The average molecular weight is 717 g/mol. The summed E-state index contributed by atoms with van der Waals surface area (Å²) in [5.41, 5.74) is 1.60. The number of rotatable bonds is 10. The molecule has 2 aliphatic heterocycles. The number of pyridine rings is 1. The van der Waals surface area contributed by atoms with Gasteiger partial charge in [0.1, 0.15) is 17.3 Å². The van der Waals surface area contributed by atoms with Crippen LogP contribution in [0.1, 0.15) is 45.6 Å². The summed E-state index contributed by atoms with van der Waals surface area (Å²) in [4.78, 5) is 20.8. The number of hydrogen-bond donors (Lipinski definition) is 2. The standard InChI is InChI=1S/C36H51Cl2N5O4Si/c1-34(2,3)48(5,6)47-36(25-41-33(44)45-4)12-16-42(17-13-36)26-35(38)22-28(27-8-7-9-29(37)20-27)21-31(23-35)46-30-10-11-32(40-24-30)43-18-14-39-15-19-43/h7-11,20-21,23-24,39H,12-19,22,25-26H2,1-6H3,(H,41,44). The first kappa shape index (κ1) is 36.7. The van der Waals surface area contributed by atoms with Gasteiger partial charge in [0.15, 0.2) is 8.32 Å². The van der Waals surface area contributed by atoms with Crippen LogP contribution in [-0.4, -0.2) is 94.2 Å². The minimum atomic E-state index is -2.13. The number of carbonyl (C=O) groups excluding carboxylic acids is 1. The van der Waals surface area contributed by atoms with Gasteiger partial charge >= 0.3 is 6.09 Å². The monoisotopic (exact) mass is 715 g/mol. The Bertz CT molecular complexity index is 1480. The number of anilines is 1. The Balaban J connectivity index is 1.33. The molecule has 2 aromatic rings. The number of alkyl carbamates (subject to hydrolysis) is 1. The average Bonchev–Trinajstić information content (AvgIpc) is 3.04. The van der Waals surface area contributed by atoms with Crippen LogP contribution >= 0.6 is 23.2 Å². The van der Waals surface area contributed by atoms with Gasteiger partial charge in [-0.3, -0.25) is 0 Å². The van der Waals surface area contributed by atoms with E-state index < -0.39 is 24.9 Å². The fourth-order valence-electron chi connectivity index (χ4n) is 6.38. The van der Waals surface area contributed by atoms with Gasteiger partial charge in [0.05, 0.1) is 23.8 Å². The zero-order valence-electron chi connectivity index (χ0n) is 29.2. The summed E-state index contributed by atoms with van der Waals surface area (Å²) in [5.74, 6) is 2.29. The molecule has 1 aliphatic carbocycles. The SMILES string of the molecule is COC(=O)NCC1(O[Si](C)(C)C(C)(C)C)CCN(CC2(Cl)C=C(Oc3ccc(N4CCNCC4)nc3)C=C(c3cccc(Cl)c3)C2)CC1. The van der Waals surface area contributed by atoms with Crippen LogP contribution in [0, 0.1) is 0 Å². The number of methoxy groups -OCH3 is 1. The lowest BCUT2D eigenvalue weighted by molar-refractivity contribution is -0.00977. The molecular formula is C36H51Cl2N5O4Si. The molecule has 2 saturated heterocycles. The maximum atomic E-state index is 12.1. The lowest BCUT2D eigenvalue weighted by Crippen LogP contribution is -2.59. The molecule has 1 amide bonds. The second-order valence-electron chi connectivity index (χ2n) is 14.8. The number of allylic oxidation sites excluding steroid dienone is 2. The van der Waals surface area contributed by atoms with Crippen LogP contribution in [0.3, 0.4) is 0 Å². The number of piperidine rings is 1. The van der Waals surface area contributed by atoms with Gasteiger partial charge < -0.3 is 34.3 Å². The zero-order chi connectivity index (χ0) is 34.6. The number of nitrogens with one attached hydrogen (secondary N) is 2. The summed E-state index contributed by atoms with van der Waals surface area (Å²) in [5, 5.41) is 7.03. The Labute approximate surface area is 297 Å². The molecule has 0 spiro atoms. The quantitative estimate of drug-likeness (QED) is 0.199. The van der Waals surface area contributed by atoms with Crippen LogP contribution in [0.5, 0.6) is 5.75 Å². The summed E-state index contributed by atoms with van der Waals surface area (Å²) in [6, 6.07) is 11.9. The van der Waals surface area contributed by atoms with E-state index in [-0.39, 0.29) is 5.04 Å². The summed E-state index contributed by atoms with van der Waals surface area (Å²) in [6.07, 6.45) is 7.60. The highest BCUT2D eigenvalue weighted by atomic mass is 35.5. The summed E-state index contributed by atoms with van der Waals surface area (Å²) >= 11 is 14.0. The number of nitrogens with zero attached hydrogens (tertiary/aromatic N) is 3. The van der Waals surface area contributed by atoms with Gasteiger partial charge in [0.2, 0.25) is 0 Å². The third-order valence-electron chi connectivity index (χ3n) is 10.1. The Morgan fingerprint density at radius 2 is 1.83 bits per heavy atom. The van der Waals surface area contributed by atoms with Crippen LogP contribution in [0.4, 0.5) is 10.6 Å². The predicted octanol–water partition coefficient (Wildman–Crippen LogP) is 7.08. The van der Waals surface area contributed by atoms with E-state index >= 15 is 0 Å². The summed E-state index contributed by atoms with van der Waals surface area (Å²) in [7, 11) is -0.740. The van der Waals surface area contributed by atoms with Crippen molar-refractivity contribution in [2.24, 2.45) is 0 Å². The largest absolute Gasteiger partial charge is 0.456 e. The van der Waals surface area contributed by atoms with E-state index in [0.717, 1.165) is 69.1 Å². The number of carbonyl (C=O) groups is 1. The van der Waals surface area contributed by atoms with Crippen molar-refractivity contribution in [2.45, 2.75) is 68.6 Å². The number of benzene rings is 1. The van der Waals surface area contributed by atoms with E-state index in [1.54, 1.807) is 6.20 Å². The van der Waals surface area contributed by atoms with E-state index in [1.807, 2.05) is 36.4 Å². The maximum absolute atomic E-state index is 12.1. The van der Waals surface area contributed by atoms with Crippen molar-refractivity contribution in [1.82, 2.24) is 20.5 Å². The summed E-state index contributed by atoms with van der Waals surface area (Å²) in [6.45, 7) is 17.6. The van der Waals surface area contributed by atoms with E-state index in [9.17, 15) is 4.79 Å². The van der Waals surface area contributed by atoms with Crippen LogP contribution < -0.4 is 20.3 Å². The molecule has 0 radical (unpaired) electrons. The minimum Gasteiger partial charge on any atom is -0.456 e. The molecule has 3 aliphatic rings. The number of ether oxygens (including phenoxy) is 2. The van der Waals surface area contributed by atoms with Crippen molar-refractivity contribution in [3.8, 4) is 5.75 Å². The van der Waals surface area contributed by atoms with Crippen molar-refractivity contribution >= 4 is 49.0 Å². The molecule has 5 rings (SSSR count). The van der Waals surface area contributed by atoms with Crippen molar-refractivity contribution in [3.05, 3.63) is 71.1 Å². The molecular weight excluding hydrogens is 665 g/mol. The second-order valence-corrected chi connectivity index (χ2v) is 20.7. The molecule has 1 atom stereocenters. The first-order chi connectivity index (χ1) is 22.7. The maximum Gasteiger partial charge on any atom is 0.406 e. The number of piperazine rings is 1. The number of amides is 1. The number of aromatic nitrogens is 1. The minimum absolute atomic E-state index is 0.0375. The molecule has 0 bridgehead atoms. The highest BCUT2D eigenvalue weighted by molar-refractivity contribution is 6.74. The van der Waals surface area contributed by atoms with Crippen molar-refractivity contribution in [3.63, 3.8) is 0 Å². The van der Waals surface area contributed by atoms with Gasteiger partial charge in [-0.05, 0) is 84.9 Å². The number of alkyl halides is 1. The fourth-order valence-corrected chi connectivity index (χ4v) is 8.65. The molecule has 2 N–H and O–H groups in total. The van der Waals surface area contributed by atoms with Crippen LogP contribution in [0.2, 0.25) is 23.2 Å². The third-order valence-corrected chi connectivity index (χ3v) is 15.2. The third kappa shape index (κ3) is 9.34. The first-order valence-electron chi connectivity index (χ1n) is 16.9. The Morgan fingerprint density at radius 3 is 2.46 bits per heavy atom. The van der Waals surface area contributed by atoms with E-state index in [0.29, 0.717) is 36.0 Å². The van der Waals surface area contributed by atoms with Crippen molar-refractivity contribution in [1.29, 1.82) is 0 Å². The Kier molecular flexibility index (Phi) is 11.5. The lowest BCUT2D eigenvalue weighted by atomic mass is 9.86. The van der Waals surface area contributed by atoms with E-state index in [1.165, 1.54) is 7.11 Å². The van der Waals surface area contributed by atoms with Gasteiger partial charge in [-0.1, -0.05) is 44.5 Å². The molecule has 48 heavy (non-hydrogen) atoms. The number of likely N-dealkylation sites (tertiary alicyclic amines) is 1. The fraction of sp³-hybridized carbons (Fsp3) is 0.556. The molecule has 2 fully saturated rings. The topological polar surface area (TPSA) is 88.2 Å². The van der Waals surface area contributed by atoms with E-state index in [2.05, 4.69) is 66.4 Å². The molecule has 0 saturated carbocycles. The van der Waals surface area contributed by atoms with Crippen molar-refractivity contribution in [2.75, 3.05) is 64.4 Å². The predicted molar refractivity (Wildman–Crippen MR) is 198 cm³/mol. The first-order valence-corrected chi connectivity index (χ1v) is 20.6. The Morgan fingerprint density at radius 1 is 1.10 bits per heavy atom. The molecule has 9 nitrogen and oxygen atoms in total. The van der Waals surface area contributed by atoms with Crippen LogP contribution in [0.25, 0.3) is 5.57 Å². The number of halogens is 2. The molecule has 1 aromatic carbocycles. The highest BCUT2D eigenvalue weighted by Crippen LogP contribution is 2.43. The van der Waals surface area contributed by atoms with Gasteiger partial charge in [0.25, 0.3) is 0 Å². The molecule has 262 valence electrons. The molecule has 3 heterocycles. The van der Waals surface area contributed by atoms with Gasteiger partial charge in [-0.25, -0.2) is 9.78 Å². The van der Waals surface area contributed by atoms with E-state index in [4.69, 9.17) is 42.1 Å². The van der Waals surface area contributed by atoms with Crippen LogP contribution in [0.15, 0.2) is 60.5 Å². The molecule has 1 unspecified atom stereocenters. The normalized spacial score (nSPS) is 22.0. The lowest BCUT2D eigenvalue weighted by Gasteiger charge is -2.50.